The highest BCUT2D eigenvalue weighted by Gasteiger charge is 2.20. The van der Waals surface area contributed by atoms with Gasteiger partial charge >= 0.3 is 5.97 Å². The zero-order chi connectivity index (χ0) is 14.3. The van der Waals surface area contributed by atoms with Gasteiger partial charge in [-0.2, -0.15) is 0 Å². The molecule has 114 valence electrons. The molecule has 1 aromatic rings. The smallest absolute Gasteiger partial charge is 0.344 e. The van der Waals surface area contributed by atoms with E-state index in [4.69, 9.17) is 9.84 Å². The Morgan fingerprint density at radius 3 is 2.30 bits per heavy atom. The maximum absolute atomic E-state index is 12.7. The monoisotopic (exact) mass is 305 g/mol. The second kappa shape index (κ2) is 9.55. The highest BCUT2D eigenvalue weighted by Crippen LogP contribution is 2.14. The fraction of sp³-hybridized carbons (Fsp3) is 0.500. The third-order valence-electron chi connectivity index (χ3n) is 2.97. The molecule has 0 aliphatic rings. The number of carboxylic acids is 1. The van der Waals surface area contributed by atoms with Gasteiger partial charge < -0.3 is 14.7 Å². The van der Waals surface area contributed by atoms with E-state index in [-0.39, 0.29) is 18.2 Å². The molecule has 0 amide bonds. The average Bonchev–Trinajstić information content (AvgIpc) is 2.40. The number of aliphatic carboxylic acids is 1. The predicted octanol–water partition coefficient (Wildman–Crippen LogP) is 2.81. The third-order valence-corrected chi connectivity index (χ3v) is 2.97. The first-order valence-electron chi connectivity index (χ1n) is 6.44. The molecule has 0 radical (unpaired) electrons. The summed E-state index contributed by atoms with van der Waals surface area (Å²) in [5, 5.41) is 9.13. The summed E-state index contributed by atoms with van der Waals surface area (Å²) in [5.74, 6) is -1.01. The van der Waals surface area contributed by atoms with Crippen LogP contribution in [-0.4, -0.2) is 41.7 Å². The summed E-state index contributed by atoms with van der Waals surface area (Å²) in [6, 6.07) is 5.36. The van der Waals surface area contributed by atoms with Crippen molar-refractivity contribution < 1.29 is 19.0 Å². The highest BCUT2D eigenvalue weighted by molar-refractivity contribution is 5.85. The van der Waals surface area contributed by atoms with E-state index in [0.717, 1.165) is 13.1 Å². The van der Waals surface area contributed by atoms with E-state index < -0.39 is 12.1 Å². The van der Waals surface area contributed by atoms with Crippen LogP contribution < -0.4 is 4.74 Å². The molecule has 4 nitrogen and oxygen atoms in total. The summed E-state index contributed by atoms with van der Waals surface area (Å²) in [5.41, 5.74) is 0. The summed E-state index contributed by atoms with van der Waals surface area (Å²) < 4.78 is 18.1. The second-order valence-electron chi connectivity index (χ2n) is 4.21. The maximum atomic E-state index is 12.7. The number of nitrogens with zero attached hydrogens (tertiary/aromatic N) is 1. The molecule has 1 atom stereocenters. The van der Waals surface area contributed by atoms with Gasteiger partial charge in [0, 0.05) is 13.0 Å². The fourth-order valence-electron chi connectivity index (χ4n) is 1.75. The first kappa shape index (κ1) is 18.7. The molecule has 0 aromatic heterocycles. The lowest BCUT2D eigenvalue weighted by molar-refractivity contribution is -0.145. The lowest BCUT2D eigenvalue weighted by atomic mass is 10.2. The number of carbonyl (C=O) groups is 1. The minimum absolute atomic E-state index is 0. The summed E-state index contributed by atoms with van der Waals surface area (Å²) in [4.78, 5) is 13.3. The number of rotatable bonds is 8. The van der Waals surface area contributed by atoms with Gasteiger partial charge in [0.2, 0.25) is 0 Å². The lowest BCUT2D eigenvalue weighted by Gasteiger charge is -2.21. The van der Waals surface area contributed by atoms with Crippen LogP contribution in [0.4, 0.5) is 4.39 Å². The normalized spacial score (nSPS) is 11.8. The molecule has 0 spiro atoms. The van der Waals surface area contributed by atoms with E-state index in [1.165, 1.54) is 24.3 Å². The fourth-order valence-corrected chi connectivity index (χ4v) is 1.75. The minimum atomic E-state index is -1.00. The Labute approximate surface area is 124 Å². The summed E-state index contributed by atoms with van der Waals surface area (Å²) in [7, 11) is 0. The summed E-state index contributed by atoms with van der Waals surface area (Å²) >= 11 is 0. The molecule has 6 heteroatoms. The summed E-state index contributed by atoms with van der Waals surface area (Å²) in [6.07, 6.45) is -0.514. The molecule has 1 aromatic carbocycles. The van der Waals surface area contributed by atoms with Crippen molar-refractivity contribution in [1.29, 1.82) is 0 Å². The van der Waals surface area contributed by atoms with Crippen LogP contribution in [0, 0.1) is 5.82 Å². The number of benzene rings is 1. The van der Waals surface area contributed by atoms with Crippen LogP contribution in [0.25, 0.3) is 0 Å². The first-order chi connectivity index (χ1) is 9.06. The maximum Gasteiger partial charge on any atom is 0.344 e. The van der Waals surface area contributed by atoms with Crippen molar-refractivity contribution in [3.8, 4) is 5.75 Å². The molecule has 0 aliphatic heterocycles. The van der Waals surface area contributed by atoms with Crippen molar-refractivity contribution in [2.45, 2.75) is 26.4 Å². The van der Waals surface area contributed by atoms with Crippen LogP contribution in [0.3, 0.4) is 0 Å². The molecule has 1 N–H and O–H groups in total. The Bertz CT molecular complexity index is 396. The largest absolute Gasteiger partial charge is 0.479 e. The Morgan fingerprint density at radius 1 is 1.30 bits per heavy atom. The first-order valence-corrected chi connectivity index (χ1v) is 6.44. The Balaban J connectivity index is 0.00000361. The van der Waals surface area contributed by atoms with Gasteiger partial charge in [-0.15, -0.1) is 12.4 Å². The number of hydrogen-bond acceptors (Lipinski definition) is 3. The Hall–Kier alpha value is -1.33. The van der Waals surface area contributed by atoms with Crippen LogP contribution in [0.15, 0.2) is 24.3 Å². The van der Waals surface area contributed by atoms with Gasteiger partial charge in [0.05, 0.1) is 0 Å². The van der Waals surface area contributed by atoms with Crippen molar-refractivity contribution in [3.63, 3.8) is 0 Å². The average molecular weight is 306 g/mol. The second-order valence-corrected chi connectivity index (χ2v) is 4.21. The molecule has 0 bridgehead atoms. The molecule has 1 unspecified atom stereocenters. The SMILES string of the molecule is CCN(CC)CCC(Oc1ccc(F)cc1)C(=O)O.Cl. The van der Waals surface area contributed by atoms with Crippen molar-refractivity contribution in [1.82, 2.24) is 4.90 Å². The number of ether oxygens (including phenoxy) is 1. The molecular formula is C14H21ClFNO3. The molecule has 0 fully saturated rings. The highest BCUT2D eigenvalue weighted by atomic mass is 35.5. The van der Waals surface area contributed by atoms with E-state index in [1.807, 2.05) is 13.8 Å². The van der Waals surface area contributed by atoms with Gasteiger partial charge in [-0.25, -0.2) is 9.18 Å². The van der Waals surface area contributed by atoms with Crippen molar-refractivity contribution in [3.05, 3.63) is 30.1 Å². The number of hydrogen-bond donors (Lipinski definition) is 1. The number of carboxylic acid groups (broad SMARTS) is 1. The van der Waals surface area contributed by atoms with Gasteiger partial charge in [0.1, 0.15) is 11.6 Å². The van der Waals surface area contributed by atoms with Crippen LogP contribution in [-0.2, 0) is 4.79 Å². The molecule has 1 rings (SSSR count). The third kappa shape index (κ3) is 6.21. The molecular weight excluding hydrogens is 285 g/mol. The van der Waals surface area contributed by atoms with Gasteiger partial charge in [-0.3, -0.25) is 0 Å². The van der Waals surface area contributed by atoms with Crippen molar-refractivity contribution >= 4 is 18.4 Å². The Kier molecular flexibility index (Phi) is 8.92. The van der Waals surface area contributed by atoms with Crippen LogP contribution in [0.2, 0.25) is 0 Å². The van der Waals surface area contributed by atoms with Gasteiger partial charge in [0.15, 0.2) is 6.10 Å². The molecule has 20 heavy (non-hydrogen) atoms. The summed E-state index contributed by atoms with van der Waals surface area (Å²) in [6.45, 7) is 6.46. The molecule has 0 saturated carbocycles. The quantitative estimate of drug-likeness (QED) is 0.802. The molecule has 0 aliphatic carbocycles. The standard InChI is InChI=1S/C14H20FNO3.ClH/c1-3-16(4-2)10-9-13(14(17)18)19-12-7-5-11(15)6-8-12;/h5-8,13H,3-4,9-10H2,1-2H3,(H,17,18);1H. The van der Waals surface area contributed by atoms with Crippen molar-refractivity contribution in [2.24, 2.45) is 0 Å². The molecule has 0 saturated heterocycles. The zero-order valence-electron chi connectivity index (χ0n) is 11.7. The molecule has 0 heterocycles. The van der Waals surface area contributed by atoms with Crippen LogP contribution in [0.1, 0.15) is 20.3 Å². The van der Waals surface area contributed by atoms with Crippen LogP contribution >= 0.6 is 12.4 Å². The minimum Gasteiger partial charge on any atom is -0.479 e. The van der Waals surface area contributed by atoms with E-state index in [9.17, 15) is 9.18 Å². The topological polar surface area (TPSA) is 49.8 Å². The van der Waals surface area contributed by atoms with E-state index in [0.29, 0.717) is 18.7 Å². The Morgan fingerprint density at radius 2 is 1.85 bits per heavy atom. The van der Waals surface area contributed by atoms with Gasteiger partial charge in [-0.05, 0) is 37.4 Å². The lowest BCUT2D eigenvalue weighted by Crippen LogP contribution is -2.33. The van der Waals surface area contributed by atoms with E-state index in [2.05, 4.69) is 4.90 Å². The van der Waals surface area contributed by atoms with Crippen molar-refractivity contribution in [2.75, 3.05) is 19.6 Å². The van der Waals surface area contributed by atoms with E-state index in [1.54, 1.807) is 0 Å². The predicted molar refractivity (Wildman–Crippen MR) is 78.1 cm³/mol. The van der Waals surface area contributed by atoms with Gasteiger partial charge in [-0.1, -0.05) is 13.8 Å². The van der Waals surface area contributed by atoms with E-state index >= 15 is 0 Å². The zero-order valence-corrected chi connectivity index (χ0v) is 12.5. The number of halogens is 2. The van der Waals surface area contributed by atoms with Crippen LogP contribution in [0.5, 0.6) is 5.75 Å². The van der Waals surface area contributed by atoms with Gasteiger partial charge in [0.25, 0.3) is 0 Å².